The van der Waals surface area contributed by atoms with Gasteiger partial charge < -0.3 is 4.74 Å². The molecule has 1 rings (SSSR count). The van der Waals surface area contributed by atoms with Crippen LogP contribution in [0.2, 0.25) is 4.34 Å². The largest absolute Gasteiger partial charge is 0.368 e. The first-order valence-corrected chi connectivity index (χ1v) is 5.61. The topological polar surface area (TPSA) is 26.3 Å². The average Bonchev–Trinajstić information content (AvgIpc) is 2.50. The number of Topliss-reactive ketones (excluding diaryl/α,β-unsaturated/α-hetero) is 1. The highest BCUT2D eigenvalue weighted by Gasteiger charge is 2.29. The van der Waals surface area contributed by atoms with Crippen molar-refractivity contribution in [2.24, 2.45) is 0 Å². The number of thiophene rings is 1. The predicted molar refractivity (Wildman–Crippen MR) is 59.4 cm³/mol. The number of ether oxygens (including phenoxy) is 1. The first kappa shape index (κ1) is 11.7. The second-order valence-electron chi connectivity index (χ2n) is 3.38. The van der Waals surface area contributed by atoms with Crippen LogP contribution in [-0.4, -0.2) is 18.0 Å². The van der Waals surface area contributed by atoms with Crippen LogP contribution >= 0.6 is 22.9 Å². The van der Waals surface area contributed by atoms with Gasteiger partial charge in [0.2, 0.25) is 5.78 Å². The van der Waals surface area contributed by atoms with Gasteiger partial charge in [0.05, 0.1) is 9.21 Å². The van der Waals surface area contributed by atoms with Crippen molar-refractivity contribution in [3.8, 4) is 0 Å². The van der Waals surface area contributed by atoms with Crippen LogP contribution in [0, 0.1) is 0 Å². The van der Waals surface area contributed by atoms with Gasteiger partial charge in [-0.3, -0.25) is 4.79 Å². The molecule has 0 aromatic carbocycles. The van der Waals surface area contributed by atoms with Gasteiger partial charge in [0.1, 0.15) is 5.60 Å². The molecule has 1 aromatic heterocycles. The van der Waals surface area contributed by atoms with Crippen LogP contribution in [0.3, 0.4) is 0 Å². The Kier molecular flexibility index (Phi) is 3.70. The third-order valence-corrected chi connectivity index (χ3v) is 3.08. The molecule has 0 bridgehead atoms. The minimum absolute atomic E-state index is 0.0174. The number of rotatable bonds is 4. The van der Waals surface area contributed by atoms with Crippen molar-refractivity contribution in [1.82, 2.24) is 0 Å². The van der Waals surface area contributed by atoms with E-state index in [9.17, 15) is 4.79 Å². The number of carbonyl (C=O) groups excluding carboxylic acids is 1. The molecule has 78 valence electrons. The lowest BCUT2D eigenvalue weighted by molar-refractivity contribution is 0.00159. The molecule has 0 fully saturated rings. The number of ketones is 1. The second kappa shape index (κ2) is 4.43. The van der Waals surface area contributed by atoms with Crippen molar-refractivity contribution in [3.63, 3.8) is 0 Å². The first-order valence-electron chi connectivity index (χ1n) is 4.41. The average molecular weight is 233 g/mol. The summed E-state index contributed by atoms with van der Waals surface area (Å²) in [7, 11) is 0. The molecule has 2 nitrogen and oxygen atoms in total. The van der Waals surface area contributed by atoms with Crippen LogP contribution in [0.4, 0.5) is 0 Å². The number of halogens is 1. The van der Waals surface area contributed by atoms with Crippen LogP contribution in [0.5, 0.6) is 0 Å². The summed E-state index contributed by atoms with van der Waals surface area (Å²) >= 11 is 7.04. The summed E-state index contributed by atoms with van der Waals surface area (Å²) in [6.07, 6.45) is 0. The Morgan fingerprint density at radius 1 is 1.57 bits per heavy atom. The van der Waals surface area contributed by atoms with Gasteiger partial charge in [-0.05, 0) is 32.9 Å². The molecule has 0 amide bonds. The summed E-state index contributed by atoms with van der Waals surface area (Å²) in [5, 5.41) is 0. The maximum atomic E-state index is 11.9. The Labute approximate surface area is 92.8 Å². The van der Waals surface area contributed by atoms with E-state index >= 15 is 0 Å². The zero-order valence-corrected chi connectivity index (χ0v) is 10.0. The fourth-order valence-corrected chi connectivity index (χ4v) is 2.29. The van der Waals surface area contributed by atoms with Gasteiger partial charge in [-0.15, -0.1) is 11.3 Å². The summed E-state index contributed by atoms with van der Waals surface area (Å²) in [5.74, 6) is -0.0174. The fourth-order valence-electron chi connectivity index (χ4n) is 1.16. The molecule has 0 N–H and O–H groups in total. The molecule has 0 unspecified atom stereocenters. The van der Waals surface area contributed by atoms with Gasteiger partial charge in [0.15, 0.2) is 0 Å². The minimum atomic E-state index is -0.761. The fraction of sp³-hybridized carbons (Fsp3) is 0.500. The van der Waals surface area contributed by atoms with E-state index in [2.05, 4.69) is 0 Å². The zero-order valence-electron chi connectivity index (χ0n) is 8.46. The third-order valence-electron chi connectivity index (χ3n) is 1.85. The molecular formula is C10H13ClO2S. The lowest BCUT2D eigenvalue weighted by Gasteiger charge is -2.21. The third kappa shape index (κ3) is 2.56. The maximum absolute atomic E-state index is 11.9. The number of hydrogen-bond acceptors (Lipinski definition) is 3. The highest BCUT2D eigenvalue weighted by atomic mass is 35.5. The van der Waals surface area contributed by atoms with Gasteiger partial charge in [0.25, 0.3) is 0 Å². The van der Waals surface area contributed by atoms with E-state index in [0.717, 1.165) is 0 Å². The standard InChI is InChI=1S/C10H13ClO2S/c1-4-13-10(2,3)9(12)7-5-6-8(11)14-7/h5-6H,4H2,1-3H3. The molecule has 0 aliphatic carbocycles. The van der Waals surface area contributed by atoms with Crippen LogP contribution < -0.4 is 0 Å². The molecular weight excluding hydrogens is 220 g/mol. The van der Waals surface area contributed by atoms with Crippen LogP contribution in [0.1, 0.15) is 30.4 Å². The quantitative estimate of drug-likeness (QED) is 0.744. The van der Waals surface area contributed by atoms with Crippen molar-refractivity contribution in [2.45, 2.75) is 26.4 Å². The molecule has 0 saturated heterocycles. The van der Waals surface area contributed by atoms with Gasteiger partial charge in [-0.25, -0.2) is 0 Å². The normalized spacial score (nSPS) is 11.7. The molecule has 0 aliphatic heterocycles. The van der Waals surface area contributed by atoms with Gasteiger partial charge in [0, 0.05) is 6.61 Å². The van der Waals surface area contributed by atoms with Gasteiger partial charge in [-0.2, -0.15) is 0 Å². The molecule has 0 spiro atoms. The molecule has 0 aliphatic rings. The second-order valence-corrected chi connectivity index (χ2v) is 5.09. The van der Waals surface area contributed by atoms with Crippen molar-refractivity contribution in [1.29, 1.82) is 0 Å². The molecule has 14 heavy (non-hydrogen) atoms. The summed E-state index contributed by atoms with van der Waals surface area (Å²) in [6.45, 7) is 5.94. The van der Waals surface area contributed by atoms with Crippen molar-refractivity contribution in [3.05, 3.63) is 21.3 Å². The SMILES string of the molecule is CCOC(C)(C)C(=O)c1ccc(Cl)s1. The van der Waals surface area contributed by atoms with E-state index in [-0.39, 0.29) is 5.78 Å². The molecule has 4 heteroatoms. The lowest BCUT2D eigenvalue weighted by Crippen LogP contribution is -2.34. The maximum Gasteiger partial charge on any atom is 0.203 e. The Balaban J connectivity index is 2.84. The van der Waals surface area contributed by atoms with E-state index in [1.807, 2.05) is 6.92 Å². The monoisotopic (exact) mass is 232 g/mol. The molecule has 0 radical (unpaired) electrons. The highest BCUT2D eigenvalue weighted by molar-refractivity contribution is 7.18. The molecule has 0 atom stereocenters. The first-order chi connectivity index (χ1) is 6.47. The zero-order chi connectivity index (χ0) is 10.8. The van der Waals surface area contributed by atoms with Gasteiger partial charge >= 0.3 is 0 Å². The predicted octanol–water partition coefficient (Wildman–Crippen LogP) is 3.40. The smallest absolute Gasteiger partial charge is 0.203 e. The van der Waals surface area contributed by atoms with Crippen molar-refractivity contribution >= 4 is 28.7 Å². The Bertz CT molecular complexity index is 331. The summed E-state index contributed by atoms with van der Waals surface area (Å²) in [4.78, 5) is 12.5. The van der Waals surface area contributed by atoms with Crippen molar-refractivity contribution in [2.75, 3.05) is 6.61 Å². The number of hydrogen-bond donors (Lipinski definition) is 0. The van der Waals surface area contributed by atoms with E-state index in [1.54, 1.807) is 26.0 Å². The van der Waals surface area contributed by atoms with E-state index < -0.39 is 5.60 Å². The van der Waals surface area contributed by atoms with Crippen molar-refractivity contribution < 1.29 is 9.53 Å². The van der Waals surface area contributed by atoms with E-state index in [1.165, 1.54) is 11.3 Å². The van der Waals surface area contributed by atoms with Crippen LogP contribution in [-0.2, 0) is 4.74 Å². The Hall–Kier alpha value is -0.380. The number of carbonyl (C=O) groups is 1. The molecule has 0 saturated carbocycles. The minimum Gasteiger partial charge on any atom is -0.368 e. The van der Waals surface area contributed by atoms with E-state index in [0.29, 0.717) is 15.8 Å². The van der Waals surface area contributed by atoms with Gasteiger partial charge in [-0.1, -0.05) is 11.6 Å². The Morgan fingerprint density at radius 3 is 2.64 bits per heavy atom. The Morgan fingerprint density at radius 2 is 2.21 bits per heavy atom. The summed E-state index contributed by atoms with van der Waals surface area (Å²) in [6, 6.07) is 3.46. The summed E-state index contributed by atoms with van der Waals surface area (Å²) < 4.78 is 5.99. The molecule has 1 aromatic rings. The lowest BCUT2D eigenvalue weighted by atomic mass is 10.0. The van der Waals surface area contributed by atoms with E-state index in [4.69, 9.17) is 16.3 Å². The summed E-state index contributed by atoms with van der Waals surface area (Å²) in [5.41, 5.74) is -0.761. The highest BCUT2D eigenvalue weighted by Crippen LogP contribution is 2.26. The van der Waals surface area contributed by atoms with Crippen LogP contribution in [0.15, 0.2) is 12.1 Å². The molecule has 1 heterocycles. The van der Waals surface area contributed by atoms with Crippen LogP contribution in [0.25, 0.3) is 0 Å².